The van der Waals surface area contributed by atoms with Gasteiger partial charge in [-0.15, -0.1) is 0 Å². The van der Waals surface area contributed by atoms with Gasteiger partial charge >= 0.3 is 0 Å². The molecule has 0 spiro atoms. The monoisotopic (exact) mass is 385 g/mol. The second kappa shape index (κ2) is 10.2. The zero-order valence-corrected chi connectivity index (χ0v) is 18.3. The number of aryl methyl sites for hydroxylation is 3. The predicted octanol–water partition coefficient (Wildman–Crippen LogP) is 3.60. The lowest BCUT2D eigenvalue weighted by Gasteiger charge is -2.19. The second-order valence-electron chi connectivity index (χ2n) is 7.80. The van der Waals surface area contributed by atoms with E-state index in [0.29, 0.717) is 12.5 Å². The van der Waals surface area contributed by atoms with Crippen LogP contribution in [0.15, 0.2) is 29.3 Å². The normalized spacial score (nSPS) is 12.9. The molecule has 0 bridgehead atoms. The van der Waals surface area contributed by atoms with E-state index in [4.69, 9.17) is 4.74 Å². The number of guanidine groups is 1. The number of aliphatic imine (C=N–C) groups is 1. The number of ether oxygens (including phenoxy) is 1. The van der Waals surface area contributed by atoms with E-state index in [1.54, 1.807) is 7.05 Å². The summed E-state index contributed by atoms with van der Waals surface area (Å²) in [6.45, 7) is 14.9. The van der Waals surface area contributed by atoms with E-state index in [2.05, 4.69) is 70.4 Å². The van der Waals surface area contributed by atoms with Gasteiger partial charge in [0, 0.05) is 37.9 Å². The van der Waals surface area contributed by atoms with Crippen molar-refractivity contribution in [2.24, 2.45) is 10.9 Å². The van der Waals surface area contributed by atoms with E-state index in [1.807, 2.05) is 20.8 Å². The summed E-state index contributed by atoms with van der Waals surface area (Å²) >= 11 is 0. The molecule has 1 atom stereocenters. The lowest BCUT2D eigenvalue weighted by Crippen LogP contribution is -2.39. The van der Waals surface area contributed by atoms with Crippen LogP contribution >= 0.6 is 0 Å². The van der Waals surface area contributed by atoms with Crippen molar-refractivity contribution in [3.05, 3.63) is 46.8 Å². The largest absolute Gasteiger partial charge is 0.491 e. The van der Waals surface area contributed by atoms with Crippen LogP contribution in [0.3, 0.4) is 0 Å². The first-order valence-electron chi connectivity index (χ1n) is 10.00. The van der Waals surface area contributed by atoms with E-state index < -0.39 is 0 Å². The lowest BCUT2D eigenvalue weighted by molar-refractivity contribution is 0.239. The van der Waals surface area contributed by atoms with Gasteiger partial charge < -0.3 is 15.4 Å². The molecule has 154 valence electrons. The van der Waals surface area contributed by atoms with Gasteiger partial charge in [0.25, 0.3) is 0 Å². The highest BCUT2D eigenvalue weighted by molar-refractivity contribution is 5.79. The minimum absolute atomic E-state index is 0.147. The fraction of sp³-hybridized carbons (Fsp3) is 0.545. The molecule has 0 aliphatic rings. The maximum Gasteiger partial charge on any atom is 0.191 e. The lowest BCUT2D eigenvalue weighted by atomic mass is 10.1. The van der Waals surface area contributed by atoms with Crippen molar-refractivity contribution in [2.45, 2.75) is 60.7 Å². The van der Waals surface area contributed by atoms with Gasteiger partial charge in [0.05, 0.1) is 11.8 Å². The second-order valence-corrected chi connectivity index (χ2v) is 7.80. The van der Waals surface area contributed by atoms with Gasteiger partial charge in [-0.3, -0.25) is 9.67 Å². The maximum atomic E-state index is 5.96. The zero-order valence-electron chi connectivity index (χ0n) is 18.3. The Morgan fingerprint density at radius 1 is 1.14 bits per heavy atom. The first kappa shape index (κ1) is 21.8. The molecular weight excluding hydrogens is 350 g/mol. The van der Waals surface area contributed by atoms with E-state index in [1.165, 1.54) is 11.3 Å². The Hall–Kier alpha value is -2.50. The molecule has 1 unspecified atom stereocenters. The van der Waals surface area contributed by atoms with Crippen molar-refractivity contribution in [1.82, 2.24) is 20.4 Å². The summed E-state index contributed by atoms with van der Waals surface area (Å²) < 4.78 is 8.03. The molecular formula is C22H35N5O. The number of aromatic nitrogens is 2. The Balaban J connectivity index is 1.88. The van der Waals surface area contributed by atoms with Crippen LogP contribution in [0, 0.1) is 26.7 Å². The Morgan fingerprint density at radius 2 is 1.89 bits per heavy atom. The molecule has 2 N–H and O–H groups in total. The van der Waals surface area contributed by atoms with Gasteiger partial charge in [-0.25, -0.2) is 0 Å². The molecule has 0 fully saturated rings. The molecule has 0 aliphatic carbocycles. The van der Waals surface area contributed by atoms with Gasteiger partial charge in [-0.05, 0) is 58.2 Å². The third-order valence-corrected chi connectivity index (χ3v) is 4.46. The molecule has 1 aromatic heterocycles. The third kappa shape index (κ3) is 6.59. The predicted molar refractivity (Wildman–Crippen MR) is 116 cm³/mol. The Labute approximate surface area is 169 Å². The Bertz CT molecular complexity index is 794. The fourth-order valence-corrected chi connectivity index (χ4v) is 3.06. The van der Waals surface area contributed by atoms with E-state index in [9.17, 15) is 0 Å². The average Bonchev–Trinajstić information content (AvgIpc) is 2.93. The van der Waals surface area contributed by atoms with Gasteiger partial charge in [-0.1, -0.05) is 19.1 Å². The summed E-state index contributed by atoms with van der Waals surface area (Å²) in [6.07, 6.45) is 0.147. The van der Waals surface area contributed by atoms with Crippen LogP contribution in [0.1, 0.15) is 43.3 Å². The molecule has 1 aromatic carbocycles. The number of hydrogen-bond acceptors (Lipinski definition) is 3. The van der Waals surface area contributed by atoms with Gasteiger partial charge in [-0.2, -0.15) is 5.10 Å². The summed E-state index contributed by atoms with van der Waals surface area (Å²) in [5.74, 6) is 2.14. The molecule has 1 heterocycles. The third-order valence-electron chi connectivity index (χ3n) is 4.46. The SMILES string of the molecule is CN=C(NCc1ccc(C)cc1OC(C)C)NCC(C)Cn1nc(C)cc1C. The maximum absolute atomic E-state index is 5.96. The van der Waals surface area contributed by atoms with Crippen LogP contribution in [0.2, 0.25) is 0 Å². The molecule has 0 saturated heterocycles. The summed E-state index contributed by atoms with van der Waals surface area (Å²) in [5, 5.41) is 11.3. The molecule has 0 amide bonds. The van der Waals surface area contributed by atoms with Crippen molar-refractivity contribution in [3.63, 3.8) is 0 Å². The number of hydrogen-bond donors (Lipinski definition) is 2. The van der Waals surface area contributed by atoms with Crippen LogP contribution in [0.4, 0.5) is 0 Å². The Morgan fingerprint density at radius 3 is 2.50 bits per heavy atom. The molecule has 6 heteroatoms. The van der Waals surface area contributed by atoms with Crippen LogP contribution < -0.4 is 15.4 Å². The van der Waals surface area contributed by atoms with Gasteiger partial charge in [0.15, 0.2) is 5.96 Å². The zero-order chi connectivity index (χ0) is 20.7. The first-order chi connectivity index (χ1) is 13.3. The standard InChI is InChI=1S/C22H35N5O/c1-15(2)28-21-10-16(3)8-9-20(21)13-25-22(23-7)24-12-17(4)14-27-19(6)11-18(5)26-27/h8-11,15,17H,12-14H2,1-7H3,(H2,23,24,25). The molecule has 2 rings (SSSR count). The van der Waals surface area contributed by atoms with Crippen molar-refractivity contribution < 1.29 is 4.74 Å². The van der Waals surface area contributed by atoms with Crippen molar-refractivity contribution in [1.29, 1.82) is 0 Å². The number of benzene rings is 1. The van der Waals surface area contributed by atoms with Crippen LogP contribution in [0.5, 0.6) is 5.75 Å². The summed E-state index contributed by atoms with van der Waals surface area (Å²) in [4.78, 5) is 4.34. The van der Waals surface area contributed by atoms with E-state index in [-0.39, 0.29) is 6.10 Å². The highest BCUT2D eigenvalue weighted by Crippen LogP contribution is 2.21. The summed E-state index contributed by atoms with van der Waals surface area (Å²) in [5.41, 5.74) is 4.58. The molecule has 28 heavy (non-hydrogen) atoms. The van der Waals surface area contributed by atoms with Crippen LogP contribution in [-0.2, 0) is 13.1 Å². The van der Waals surface area contributed by atoms with Crippen molar-refractivity contribution >= 4 is 5.96 Å². The summed E-state index contributed by atoms with van der Waals surface area (Å²) in [7, 11) is 1.79. The first-order valence-corrected chi connectivity index (χ1v) is 10.00. The molecule has 2 aromatic rings. The fourth-order valence-electron chi connectivity index (χ4n) is 3.06. The van der Waals surface area contributed by atoms with Gasteiger partial charge in [0.2, 0.25) is 0 Å². The highest BCUT2D eigenvalue weighted by atomic mass is 16.5. The minimum Gasteiger partial charge on any atom is -0.491 e. The van der Waals surface area contributed by atoms with E-state index in [0.717, 1.165) is 36.1 Å². The van der Waals surface area contributed by atoms with Crippen molar-refractivity contribution in [2.75, 3.05) is 13.6 Å². The van der Waals surface area contributed by atoms with Gasteiger partial charge in [0.1, 0.15) is 5.75 Å². The topological polar surface area (TPSA) is 63.5 Å². The number of nitrogens with one attached hydrogen (secondary N) is 2. The average molecular weight is 386 g/mol. The van der Waals surface area contributed by atoms with E-state index >= 15 is 0 Å². The van der Waals surface area contributed by atoms with Crippen LogP contribution in [-0.4, -0.2) is 35.4 Å². The quantitative estimate of drug-likeness (QED) is 0.538. The molecule has 0 aliphatic heterocycles. The smallest absolute Gasteiger partial charge is 0.191 e. The van der Waals surface area contributed by atoms with Crippen molar-refractivity contribution in [3.8, 4) is 5.75 Å². The molecule has 6 nitrogen and oxygen atoms in total. The van der Waals surface area contributed by atoms with Crippen LogP contribution in [0.25, 0.3) is 0 Å². The molecule has 0 saturated carbocycles. The minimum atomic E-state index is 0.147. The summed E-state index contributed by atoms with van der Waals surface area (Å²) in [6, 6.07) is 8.42. The number of nitrogens with zero attached hydrogens (tertiary/aromatic N) is 3. The molecule has 0 radical (unpaired) electrons. The Kier molecular flexibility index (Phi) is 7.91. The highest BCUT2D eigenvalue weighted by Gasteiger charge is 2.10. The number of rotatable bonds is 8.